The van der Waals surface area contributed by atoms with Crippen LogP contribution in [0.4, 0.5) is 0 Å². The van der Waals surface area contributed by atoms with Crippen molar-refractivity contribution in [3.63, 3.8) is 0 Å². The minimum atomic E-state index is 0.0224. The molecule has 0 radical (unpaired) electrons. The summed E-state index contributed by atoms with van der Waals surface area (Å²) >= 11 is 1.36. The van der Waals surface area contributed by atoms with E-state index in [0.29, 0.717) is 23.3 Å². The van der Waals surface area contributed by atoms with Crippen LogP contribution in [0.25, 0.3) is 5.69 Å². The van der Waals surface area contributed by atoms with Crippen LogP contribution < -0.4 is 9.47 Å². The summed E-state index contributed by atoms with van der Waals surface area (Å²) in [4.78, 5) is 14.5. The minimum Gasteiger partial charge on any atom is -0.497 e. The molecular formula is C27H28N4O3S. The van der Waals surface area contributed by atoms with Gasteiger partial charge in [0.15, 0.2) is 11.0 Å². The summed E-state index contributed by atoms with van der Waals surface area (Å²) < 4.78 is 13.1. The number of nitrogens with zero attached hydrogens (tertiary/aromatic N) is 4. The van der Waals surface area contributed by atoms with Gasteiger partial charge in [-0.05, 0) is 48.9 Å². The average molecular weight is 489 g/mol. The Bertz CT molecular complexity index is 1240. The van der Waals surface area contributed by atoms with Gasteiger partial charge in [0, 0.05) is 19.3 Å². The van der Waals surface area contributed by atoms with Crippen molar-refractivity contribution in [3.8, 4) is 17.2 Å². The van der Waals surface area contributed by atoms with E-state index in [9.17, 15) is 4.79 Å². The number of thioether (sulfide) groups is 1. The summed E-state index contributed by atoms with van der Waals surface area (Å²) in [5.41, 5.74) is 3.21. The molecule has 8 heteroatoms. The quantitative estimate of drug-likeness (QED) is 0.295. The summed E-state index contributed by atoms with van der Waals surface area (Å²) in [7, 11) is 3.45. The molecule has 0 saturated heterocycles. The summed E-state index contributed by atoms with van der Waals surface area (Å²) in [5.74, 6) is 2.40. The van der Waals surface area contributed by atoms with Gasteiger partial charge in [-0.1, -0.05) is 59.8 Å². The van der Waals surface area contributed by atoms with Crippen LogP contribution in [0.1, 0.15) is 17.0 Å². The third kappa shape index (κ3) is 6.42. The van der Waals surface area contributed by atoms with E-state index in [1.165, 1.54) is 17.3 Å². The van der Waals surface area contributed by atoms with Crippen molar-refractivity contribution in [1.82, 2.24) is 19.7 Å². The van der Waals surface area contributed by atoms with Crippen molar-refractivity contribution in [2.75, 3.05) is 19.9 Å². The smallest absolute Gasteiger partial charge is 0.233 e. The molecule has 3 aromatic carbocycles. The number of carbonyl (C=O) groups excluding carboxylic acids is 1. The Morgan fingerprint density at radius 3 is 2.31 bits per heavy atom. The first kappa shape index (κ1) is 24.3. The summed E-state index contributed by atoms with van der Waals surface area (Å²) in [6.45, 7) is 2.84. The first-order valence-corrected chi connectivity index (χ1v) is 12.2. The van der Waals surface area contributed by atoms with Crippen LogP contribution in [0.15, 0.2) is 84.0 Å². The van der Waals surface area contributed by atoms with Gasteiger partial charge in [0.05, 0.1) is 12.9 Å². The number of hydrogen-bond acceptors (Lipinski definition) is 6. The van der Waals surface area contributed by atoms with Gasteiger partial charge < -0.3 is 14.4 Å². The number of aromatic nitrogens is 3. The molecule has 0 atom stereocenters. The van der Waals surface area contributed by atoms with Crippen LogP contribution in [0.3, 0.4) is 0 Å². The number of rotatable bonds is 10. The standard InChI is InChI=1S/C27H28N4O3S/c1-20-9-11-21(12-10-20)17-30(2)26(32)19-35-27-29-28-25(31(27)22-7-5-4-6-8-22)18-34-24-15-13-23(33-3)14-16-24/h4-16H,17-19H2,1-3H3. The van der Waals surface area contributed by atoms with Crippen molar-refractivity contribution < 1.29 is 14.3 Å². The maximum absolute atomic E-state index is 12.8. The lowest BCUT2D eigenvalue weighted by Gasteiger charge is -2.17. The molecule has 0 bridgehead atoms. The molecule has 35 heavy (non-hydrogen) atoms. The van der Waals surface area contributed by atoms with Gasteiger partial charge in [-0.2, -0.15) is 0 Å². The Labute approximate surface area is 209 Å². The molecule has 0 aliphatic rings. The van der Waals surface area contributed by atoms with Crippen LogP contribution in [0.5, 0.6) is 11.5 Å². The van der Waals surface area contributed by atoms with E-state index < -0.39 is 0 Å². The number of methoxy groups -OCH3 is 1. The van der Waals surface area contributed by atoms with Crippen molar-refractivity contribution in [2.45, 2.75) is 25.2 Å². The molecule has 0 fully saturated rings. The summed E-state index contributed by atoms with van der Waals surface area (Å²) in [6, 6.07) is 25.4. The second-order valence-electron chi connectivity index (χ2n) is 8.06. The van der Waals surface area contributed by atoms with Crippen LogP contribution >= 0.6 is 11.8 Å². The van der Waals surface area contributed by atoms with Gasteiger partial charge in [-0.15, -0.1) is 10.2 Å². The Morgan fingerprint density at radius 2 is 1.63 bits per heavy atom. The minimum absolute atomic E-state index is 0.0224. The van der Waals surface area contributed by atoms with Gasteiger partial charge >= 0.3 is 0 Å². The molecule has 1 amide bonds. The van der Waals surface area contributed by atoms with Gasteiger partial charge in [-0.3, -0.25) is 9.36 Å². The van der Waals surface area contributed by atoms with E-state index in [1.54, 1.807) is 12.0 Å². The van der Waals surface area contributed by atoms with E-state index >= 15 is 0 Å². The predicted molar refractivity (Wildman–Crippen MR) is 137 cm³/mol. The number of benzene rings is 3. The molecule has 0 aliphatic carbocycles. The van der Waals surface area contributed by atoms with Crippen LogP contribution in [-0.2, 0) is 17.9 Å². The second-order valence-corrected chi connectivity index (χ2v) is 9.00. The number of ether oxygens (including phenoxy) is 2. The maximum atomic E-state index is 12.8. The number of hydrogen-bond donors (Lipinski definition) is 0. The molecule has 1 aromatic heterocycles. The molecule has 0 spiro atoms. The number of carbonyl (C=O) groups is 1. The fourth-order valence-corrected chi connectivity index (χ4v) is 4.35. The Morgan fingerprint density at radius 1 is 0.943 bits per heavy atom. The zero-order valence-corrected chi connectivity index (χ0v) is 20.9. The fourth-order valence-electron chi connectivity index (χ4n) is 3.44. The van der Waals surface area contributed by atoms with Crippen molar-refractivity contribution in [3.05, 3.63) is 95.8 Å². The predicted octanol–water partition coefficient (Wildman–Crippen LogP) is 4.91. The lowest BCUT2D eigenvalue weighted by molar-refractivity contribution is -0.127. The zero-order valence-electron chi connectivity index (χ0n) is 20.0. The molecule has 180 valence electrons. The van der Waals surface area contributed by atoms with E-state index in [0.717, 1.165) is 17.0 Å². The largest absolute Gasteiger partial charge is 0.497 e. The zero-order chi connectivity index (χ0) is 24.6. The first-order valence-electron chi connectivity index (χ1n) is 11.2. The van der Waals surface area contributed by atoms with Gasteiger partial charge in [0.2, 0.25) is 5.91 Å². The molecular weight excluding hydrogens is 460 g/mol. The molecule has 1 heterocycles. The number of para-hydroxylation sites is 1. The highest BCUT2D eigenvalue weighted by Crippen LogP contribution is 2.24. The van der Waals surface area contributed by atoms with E-state index in [-0.39, 0.29) is 18.3 Å². The number of aryl methyl sites for hydroxylation is 1. The lowest BCUT2D eigenvalue weighted by Crippen LogP contribution is -2.27. The van der Waals surface area contributed by atoms with Gasteiger partial charge in [0.1, 0.15) is 18.1 Å². The van der Waals surface area contributed by atoms with Crippen LogP contribution in [0.2, 0.25) is 0 Å². The third-order valence-corrected chi connectivity index (χ3v) is 6.35. The molecule has 4 aromatic rings. The summed E-state index contributed by atoms with van der Waals surface area (Å²) in [5, 5.41) is 9.36. The third-order valence-electron chi connectivity index (χ3n) is 5.43. The molecule has 0 aliphatic heterocycles. The Hall–Kier alpha value is -3.78. The van der Waals surface area contributed by atoms with Crippen molar-refractivity contribution >= 4 is 17.7 Å². The van der Waals surface area contributed by atoms with E-state index in [1.807, 2.05) is 78.3 Å². The van der Waals surface area contributed by atoms with E-state index in [2.05, 4.69) is 29.3 Å². The Kier molecular flexibility index (Phi) is 8.05. The first-order chi connectivity index (χ1) is 17.0. The van der Waals surface area contributed by atoms with Crippen molar-refractivity contribution in [2.24, 2.45) is 0 Å². The Balaban J connectivity index is 1.45. The molecule has 4 rings (SSSR count). The maximum Gasteiger partial charge on any atom is 0.233 e. The average Bonchev–Trinajstić information content (AvgIpc) is 3.30. The molecule has 0 unspecified atom stereocenters. The second kappa shape index (κ2) is 11.6. The monoisotopic (exact) mass is 488 g/mol. The number of amides is 1. The van der Waals surface area contributed by atoms with Crippen molar-refractivity contribution in [1.29, 1.82) is 0 Å². The highest BCUT2D eigenvalue weighted by Gasteiger charge is 2.18. The molecule has 0 saturated carbocycles. The normalized spacial score (nSPS) is 10.7. The lowest BCUT2D eigenvalue weighted by atomic mass is 10.1. The van der Waals surface area contributed by atoms with Gasteiger partial charge in [0.25, 0.3) is 0 Å². The molecule has 7 nitrogen and oxygen atoms in total. The van der Waals surface area contributed by atoms with Crippen LogP contribution in [0, 0.1) is 6.92 Å². The highest BCUT2D eigenvalue weighted by atomic mass is 32.2. The highest BCUT2D eigenvalue weighted by molar-refractivity contribution is 7.99. The SMILES string of the molecule is COc1ccc(OCc2nnc(SCC(=O)N(C)Cc3ccc(C)cc3)n2-c2ccccc2)cc1. The summed E-state index contributed by atoms with van der Waals surface area (Å²) in [6.07, 6.45) is 0. The van der Waals surface area contributed by atoms with E-state index in [4.69, 9.17) is 9.47 Å². The fraction of sp³-hybridized carbons (Fsp3) is 0.222. The topological polar surface area (TPSA) is 69.5 Å². The van der Waals surface area contributed by atoms with Gasteiger partial charge in [-0.25, -0.2) is 0 Å². The molecule has 0 N–H and O–H groups in total. The van der Waals surface area contributed by atoms with Crippen LogP contribution in [-0.4, -0.2) is 45.5 Å².